The highest BCUT2D eigenvalue weighted by Gasteiger charge is 2.12. The fourth-order valence-corrected chi connectivity index (χ4v) is 2.19. The molecular weight excluding hydrogens is 330 g/mol. The Morgan fingerprint density at radius 1 is 1.16 bits per heavy atom. The lowest BCUT2D eigenvalue weighted by Crippen LogP contribution is -2.29. The van der Waals surface area contributed by atoms with E-state index in [9.17, 15) is 13.6 Å². The standard InChI is InChI=1S/C16H14F2N6O/c1-10-3-2-4-11(7-10)20-16(25)19-9-15-21-22-23-24(15)12-5-6-13(17)14(18)8-12/h2-8H,9H2,1H3,(H2,19,20,25). The van der Waals surface area contributed by atoms with E-state index in [2.05, 4.69) is 26.2 Å². The highest BCUT2D eigenvalue weighted by Crippen LogP contribution is 2.13. The summed E-state index contributed by atoms with van der Waals surface area (Å²) >= 11 is 0. The number of aryl methyl sites for hydroxylation is 1. The van der Waals surface area contributed by atoms with Crippen molar-refractivity contribution in [1.82, 2.24) is 25.5 Å². The fourth-order valence-electron chi connectivity index (χ4n) is 2.19. The number of carbonyl (C=O) groups excluding carboxylic acids is 1. The largest absolute Gasteiger partial charge is 0.330 e. The lowest BCUT2D eigenvalue weighted by atomic mass is 10.2. The van der Waals surface area contributed by atoms with Crippen LogP contribution in [0.3, 0.4) is 0 Å². The van der Waals surface area contributed by atoms with Gasteiger partial charge < -0.3 is 10.6 Å². The van der Waals surface area contributed by atoms with Crippen molar-refractivity contribution in [2.45, 2.75) is 13.5 Å². The molecule has 0 aliphatic heterocycles. The Morgan fingerprint density at radius 3 is 2.76 bits per heavy atom. The van der Waals surface area contributed by atoms with Crippen LogP contribution in [0.25, 0.3) is 5.69 Å². The zero-order valence-electron chi connectivity index (χ0n) is 13.2. The predicted molar refractivity (Wildman–Crippen MR) is 86.1 cm³/mol. The van der Waals surface area contributed by atoms with Crippen LogP contribution < -0.4 is 10.6 Å². The highest BCUT2D eigenvalue weighted by atomic mass is 19.2. The third kappa shape index (κ3) is 3.94. The second-order valence-corrected chi connectivity index (χ2v) is 5.28. The van der Waals surface area contributed by atoms with E-state index in [1.807, 2.05) is 25.1 Å². The summed E-state index contributed by atoms with van der Waals surface area (Å²) in [5, 5.41) is 16.3. The summed E-state index contributed by atoms with van der Waals surface area (Å²) in [5.74, 6) is -1.71. The fraction of sp³-hybridized carbons (Fsp3) is 0.125. The van der Waals surface area contributed by atoms with Gasteiger partial charge in [-0.05, 0) is 47.2 Å². The van der Waals surface area contributed by atoms with Gasteiger partial charge in [-0.15, -0.1) is 5.10 Å². The SMILES string of the molecule is Cc1cccc(NC(=O)NCc2nnnn2-c2ccc(F)c(F)c2)c1. The number of hydrogen-bond donors (Lipinski definition) is 2. The molecule has 1 heterocycles. The molecule has 0 radical (unpaired) electrons. The molecule has 0 unspecified atom stereocenters. The number of rotatable bonds is 4. The topological polar surface area (TPSA) is 84.7 Å². The van der Waals surface area contributed by atoms with E-state index < -0.39 is 17.7 Å². The molecule has 7 nitrogen and oxygen atoms in total. The lowest BCUT2D eigenvalue weighted by molar-refractivity contribution is 0.251. The van der Waals surface area contributed by atoms with E-state index in [0.717, 1.165) is 17.7 Å². The van der Waals surface area contributed by atoms with E-state index in [1.165, 1.54) is 10.7 Å². The molecule has 25 heavy (non-hydrogen) atoms. The van der Waals surface area contributed by atoms with Crippen LogP contribution in [0.2, 0.25) is 0 Å². The van der Waals surface area contributed by atoms with Crippen LogP contribution >= 0.6 is 0 Å². The Labute approximate surface area is 141 Å². The summed E-state index contributed by atoms with van der Waals surface area (Å²) in [6.45, 7) is 1.92. The van der Waals surface area contributed by atoms with Crippen LogP contribution in [0.15, 0.2) is 42.5 Å². The van der Waals surface area contributed by atoms with Crippen molar-refractivity contribution in [3.05, 3.63) is 65.5 Å². The van der Waals surface area contributed by atoms with Crippen molar-refractivity contribution in [3.63, 3.8) is 0 Å². The molecule has 0 bridgehead atoms. The first-order valence-corrected chi connectivity index (χ1v) is 7.37. The van der Waals surface area contributed by atoms with E-state index in [1.54, 1.807) is 6.07 Å². The zero-order valence-corrected chi connectivity index (χ0v) is 13.2. The van der Waals surface area contributed by atoms with Crippen LogP contribution in [0.1, 0.15) is 11.4 Å². The number of tetrazole rings is 1. The molecule has 3 rings (SSSR count). The first-order chi connectivity index (χ1) is 12.0. The van der Waals surface area contributed by atoms with Gasteiger partial charge in [0.05, 0.1) is 12.2 Å². The molecule has 2 aromatic carbocycles. The average Bonchev–Trinajstić information content (AvgIpc) is 3.04. The smallest absolute Gasteiger partial charge is 0.319 e. The first kappa shape index (κ1) is 16.5. The monoisotopic (exact) mass is 344 g/mol. The van der Waals surface area contributed by atoms with E-state index in [-0.39, 0.29) is 18.1 Å². The summed E-state index contributed by atoms with van der Waals surface area (Å²) in [7, 11) is 0. The van der Waals surface area contributed by atoms with Gasteiger partial charge in [0.2, 0.25) is 0 Å². The number of hydrogen-bond acceptors (Lipinski definition) is 4. The van der Waals surface area contributed by atoms with Gasteiger partial charge in [-0.1, -0.05) is 12.1 Å². The van der Waals surface area contributed by atoms with Gasteiger partial charge in [0.25, 0.3) is 0 Å². The maximum absolute atomic E-state index is 13.4. The van der Waals surface area contributed by atoms with Gasteiger partial charge in [-0.3, -0.25) is 0 Å². The molecule has 0 spiro atoms. The van der Waals surface area contributed by atoms with Crippen molar-refractivity contribution in [2.24, 2.45) is 0 Å². The van der Waals surface area contributed by atoms with Crippen molar-refractivity contribution in [3.8, 4) is 5.69 Å². The summed E-state index contributed by atoms with van der Waals surface area (Å²) in [6.07, 6.45) is 0. The Bertz CT molecular complexity index is 911. The molecular formula is C16H14F2N6O. The number of nitrogens with zero attached hydrogens (tertiary/aromatic N) is 4. The summed E-state index contributed by atoms with van der Waals surface area (Å²) in [4.78, 5) is 12.0. The Hall–Kier alpha value is -3.36. The maximum atomic E-state index is 13.4. The van der Waals surface area contributed by atoms with Crippen LogP contribution in [0.5, 0.6) is 0 Å². The Morgan fingerprint density at radius 2 is 2.00 bits per heavy atom. The average molecular weight is 344 g/mol. The van der Waals surface area contributed by atoms with Gasteiger partial charge >= 0.3 is 6.03 Å². The lowest BCUT2D eigenvalue weighted by Gasteiger charge is -2.08. The van der Waals surface area contributed by atoms with E-state index in [0.29, 0.717) is 5.69 Å². The van der Waals surface area contributed by atoms with Crippen LogP contribution in [-0.4, -0.2) is 26.2 Å². The van der Waals surface area contributed by atoms with Gasteiger partial charge in [0, 0.05) is 11.8 Å². The van der Waals surface area contributed by atoms with Crippen molar-refractivity contribution >= 4 is 11.7 Å². The minimum absolute atomic E-state index is 0.00362. The molecule has 1 aromatic heterocycles. The number of nitrogens with one attached hydrogen (secondary N) is 2. The third-order valence-corrected chi connectivity index (χ3v) is 3.36. The number of aromatic nitrogens is 4. The van der Waals surface area contributed by atoms with Crippen LogP contribution in [0.4, 0.5) is 19.3 Å². The maximum Gasteiger partial charge on any atom is 0.319 e. The quantitative estimate of drug-likeness (QED) is 0.762. The molecule has 0 aliphatic rings. The Kier molecular flexibility index (Phi) is 4.64. The highest BCUT2D eigenvalue weighted by molar-refractivity contribution is 5.89. The number of urea groups is 1. The van der Waals surface area contributed by atoms with E-state index >= 15 is 0 Å². The molecule has 0 aliphatic carbocycles. The predicted octanol–water partition coefficient (Wildman–Crippen LogP) is 2.57. The number of anilines is 1. The van der Waals surface area contributed by atoms with Crippen molar-refractivity contribution in [2.75, 3.05) is 5.32 Å². The number of halogens is 2. The number of benzene rings is 2. The molecule has 2 amide bonds. The molecule has 0 saturated carbocycles. The summed E-state index contributed by atoms with van der Waals surface area (Å²) in [6, 6.07) is 10.2. The zero-order chi connectivity index (χ0) is 17.8. The third-order valence-electron chi connectivity index (χ3n) is 3.36. The second kappa shape index (κ2) is 7.04. The molecule has 0 fully saturated rings. The van der Waals surface area contributed by atoms with Crippen LogP contribution in [0, 0.1) is 18.6 Å². The van der Waals surface area contributed by atoms with E-state index in [4.69, 9.17) is 0 Å². The van der Waals surface area contributed by atoms with Gasteiger partial charge in [-0.25, -0.2) is 13.6 Å². The molecule has 9 heteroatoms. The van der Waals surface area contributed by atoms with Gasteiger partial charge in [0.1, 0.15) is 0 Å². The molecule has 128 valence electrons. The van der Waals surface area contributed by atoms with Crippen molar-refractivity contribution in [1.29, 1.82) is 0 Å². The summed E-state index contributed by atoms with van der Waals surface area (Å²) in [5.41, 5.74) is 1.91. The van der Waals surface area contributed by atoms with Gasteiger partial charge in [0.15, 0.2) is 17.5 Å². The van der Waals surface area contributed by atoms with Gasteiger partial charge in [-0.2, -0.15) is 4.68 Å². The van der Waals surface area contributed by atoms with Crippen LogP contribution in [-0.2, 0) is 6.54 Å². The molecule has 3 aromatic rings. The Balaban J connectivity index is 1.67. The molecule has 0 atom stereocenters. The number of amides is 2. The first-order valence-electron chi connectivity index (χ1n) is 7.37. The molecule has 2 N–H and O–H groups in total. The minimum Gasteiger partial charge on any atom is -0.330 e. The second-order valence-electron chi connectivity index (χ2n) is 5.28. The summed E-state index contributed by atoms with van der Waals surface area (Å²) < 4.78 is 27.6. The minimum atomic E-state index is -1.01. The normalized spacial score (nSPS) is 10.5. The molecule has 0 saturated heterocycles. The number of carbonyl (C=O) groups is 1. The van der Waals surface area contributed by atoms with Crippen molar-refractivity contribution < 1.29 is 13.6 Å².